The van der Waals surface area contributed by atoms with Gasteiger partial charge in [0, 0.05) is 12.2 Å². The molecule has 1 aliphatic rings. The van der Waals surface area contributed by atoms with E-state index in [-0.39, 0.29) is 22.9 Å². The molecular weight excluding hydrogens is 330 g/mol. The standard InChI is InChI=1S/C20H17N3O3/c1-26-17-13-18(24)23(15-8-3-2-4-9-15)21-19(17)20(25)22-12-11-14-7-5-6-10-16(14)22/h2-10,13H,11-12H2,1H3. The normalized spacial score (nSPS) is 12.7. The molecule has 1 aromatic heterocycles. The summed E-state index contributed by atoms with van der Waals surface area (Å²) in [5.41, 5.74) is 2.35. The zero-order chi connectivity index (χ0) is 18.1. The molecule has 6 nitrogen and oxygen atoms in total. The van der Waals surface area contributed by atoms with Gasteiger partial charge in [-0.2, -0.15) is 9.78 Å². The second kappa shape index (κ2) is 6.48. The number of anilines is 1. The number of rotatable bonds is 3. The summed E-state index contributed by atoms with van der Waals surface area (Å²) in [5, 5.41) is 4.32. The van der Waals surface area contributed by atoms with Gasteiger partial charge >= 0.3 is 0 Å². The van der Waals surface area contributed by atoms with Crippen LogP contribution in [0.15, 0.2) is 65.5 Å². The first-order valence-electron chi connectivity index (χ1n) is 8.32. The van der Waals surface area contributed by atoms with Crippen molar-refractivity contribution in [3.05, 3.63) is 82.3 Å². The molecule has 2 aromatic carbocycles. The summed E-state index contributed by atoms with van der Waals surface area (Å²) in [7, 11) is 1.43. The Morgan fingerprint density at radius 2 is 1.81 bits per heavy atom. The molecule has 2 heterocycles. The van der Waals surface area contributed by atoms with Crippen LogP contribution in [0.5, 0.6) is 5.75 Å². The number of aromatic nitrogens is 2. The van der Waals surface area contributed by atoms with Crippen LogP contribution in [-0.4, -0.2) is 29.3 Å². The molecule has 0 bridgehead atoms. The molecule has 1 amide bonds. The molecule has 0 saturated heterocycles. The first kappa shape index (κ1) is 16.1. The number of amides is 1. The lowest BCUT2D eigenvalue weighted by Crippen LogP contribution is -2.33. The Balaban J connectivity index is 1.81. The molecule has 0 N–H and O–H groups in total. The number of carbonyl (C=O) groups is 1. The number of hydrogen-bond donors (Lipinski definition) is 0. The van der Waals surface area contributed by atoms with Crippen molar-refractivity contribution in [1.82, 2.24) is 9.78 Å². The summed E-state index contributed by atoms with van der Waals surface area (Å²) in [6.45, 7) is 0.577. The maximum atomic E-state index is 13.2. The van der Waals surface area contributed by atoms with Crippen molar-refractivity contribution in [2.24, 2.45) is 0 Å². The highest BCUT2D eigenvalue weighted by atomic mass is 16.5. The molecule has 6 heteroatoms. The van der Waals surface area contributed by atoms with Crippen molar-refractivity contribution in [2.45, 2.75) is 6.42 Å². The van der Waals surface area contributed by atoms with Crippen LogP contribution in [0.3, 0.4) is 0 Å². The fourth-order valence-electron chi connectivity index (χ4n) is 3.18. The quantitative estimate of drug-likeness (QED) is 0.730. The van der Waals surface area contributed by atoms with Crippen molar-refractivity contribution >= 4 is 11.6 Å². The number of ether oxygens (including phenoxy) is 1. The van der Waals surface area contributed by atoms with Gasteiger partial charge in [0.2, 0.25) is 0 Å². The van der Waals surface area contributed by atoms with E-state index in [2.05, 4.69) is 5.10 Å². The van der Waals surface area contributed by atoms with E-state index in [0.29, 0.717) is 12.2 Å². The predicted molar refractivity (Wildman–Crippen MR) is 98.2 cm³/mol. The van der Waals surface area contributed by atoms with Crippen molar-refractivity contribution in [2.75, 3.05) is 18.6 Å². The number of para-hydroxylation sites is 2. The van der Waals surface area contributed by atoms with Crippen LogP contribution >= 0.6 is 0 Å². The molecule has 0 spiro atoms. The Kier molecular flexibility index (Phi) is 4.01. The second-order valence-corrected chi connectivity index (χ2v) is 5.98. The van der Waals surface area contributed by atoms with E-state index in [9.17, 15) is 9.59 Å². The smallest absolute Gasteiger partial charge is 0.282 e. The van der Waals surface area contributed by atoms with Crippen molar-refractivity contribution in [3.63, 3.8) is 0 Å². The van der Waals surface area contributed by atoms with Crippen LogP contribution in [0, 0.1) is 0 Å². The third-order valence-corrected chi connectivity index (χ3v) is 4.45. The zero-order valence-corrected chi connectivity index (χ0v) is 14.3. The average Bonchev–Trinajstić information content (AvgIpc) is 3.12. The Hall–Kier alpha value is -3.41. The number of benzene rings is 2. The summed E-state index contributed by atoms with van der Waals surface area (Å²) < 4.78 is 6.48. The number of hydrogen-bond acceptors (Lipinski definition) is 4. The van der Waals surface area contributed by atoms with Crippen LogP contribution < -0.4 is 15.2 Å². The Labute approximate surface area is 150 Å². The van der Waals surface area contributed by atoms with Gasteiger partial charge in [-0.1, -0.05) is 36.4 Å². The molecule has 130 valence electrons. The average molecular weight is 347 g/mol. The molecule has 0 unspecified atom stereocenters. The van der Waals surface area contributed by atoms with Gasteiger partial charge in [0.15, 0.2) is 11.4 Å². The lowest BCUT2D eigenvalue weighted by Gasteiger charge is -2.18. The van der Waals surface area contributed by atoms with E-state index in [1.807, 2.05) is 42.5 Å². The SMILES string of the molecule is COc1cc(=O)n(-c2ccccc2)nc1C(=O)N1CCc2ccccc21. The lowest BCUT2D eigenvalue weighted by molar-refractivity contribution is 0.0979. The lowest BCUT2D eigenvalue weighted by atomic mass is 10.2. The van der Waals surface area contributed by atoms with Crippen LogP contribution in [0.25, 0.3) is 5.69 Å². The number of fused-ring (bicyclic) bond motifs is 1. The molecule has 0 atom stereocenters. The van der Waals surface area contributed by atoms with Gasteiger partial charge < -0.3 is 9.64 Å². The third-order valence-electron chi connectivity index (χ3n) is 4.45. The van der Waals surface area contributed by atoms with Crippen molar-refractivity contribution < 1.29 is 9.53 Å². The Morgan fingerprint density at radius 3 is 2.58 bits per heavy atom. The van der Waals surface area contributed by atoms with Crippen molar-refractivity contribution in [3.8, 4) is 11.4 Å². The van der Waals surface area contributed by atoms with Crippen LogP contribution in [0.1, 0.15) is 16.1 Å². The molecule has 0 saturated carbocycles. The van der Waals surface area contributed by atoms with E-state index in [1.54, 1.807) is 17.0 Å². The topological polar surface area (TPSA) is 64.4 Å². The Morgan fingerprint density at radius 1 is 1.08 bits per heavy atom. The number of carbonyl (C=O) groups excluding carboxylic acids is 1. The van der Waals surface area contributed by atoms with E-state index in [1.165, 1.54) is 17.9 Å². The summed E-state index contributed by atoms with van der Waals surface area (Å²) in [4.78, 5) is 27.2. The molecule has 1 aliphatic heterocycles. The van der Waals surface area contributed by atoms with E-state index >= 15 is 0 Å². The first-order chi connectivity index (χ1) is 12.7. The maximum absolute atomic E-state index is 13.2. The van der Waals surface area contributed by atoms with Crippen LogP contribution in [0.2, 0.25) is 0 Å². The maximum Gasteiger partial charge on any atom is 0.282 e. The van der Waals surface area contributed by atoms with Gasteiger partial charge in [-0.15, -0.1) is 0 Å². The van der Waals surface area contributed by atoms with Gasteiger partial charge in [0.1, 0.15) is 0 Å². The fourth-order valence-corrected chi connectivity index (χ4v) is 3.18. The first-order valence-corrected chi connectivity index (χ1v) is 8.32. The summed E-state index contributed by atoms with van der Waals surface area (Å²) in [6, 6.07) is 18.1. The molecule has 0 radical (unpaired) electrons. The van der Waals surface area contributed by atoms with Crippen LogP contribution in [0.4, 0.5) is 5.69 Å². The highest BCUT2D eigenvalue weighted by Crippen LogP contribution is 2.30. The number of methoxy groups -OCH3 is 1. The van der Waals surface area contributed by atoms with Gasteiger partial charge in [0.25, 0.3) is 11.5 Å². The van der Waals surface area contributed by atoms with Gasteiger partial charge in [-0.25, -0.2) is 0 Å². The molecule has 0 fully saturated rings. The monoisotopic (exact) mass is 347 g/mol. The van der Waals surface area contributed by atoms with Gasteiger partial charge in [-0.3, -0.25) is 9.59 Å². The molecule has 26 heavy (non-hydrogen) atoms. The predicted octanol–water partition coefficient (Wildman–Crippen LogP) is 2.44. The van der Waals surface area contributed by atoms with E-state index in [4.69, 9.17) is 4.74 Å². The van der Waals surface area contributed by atoms with Crippen molar-refractivity contribution in [1.29, 1.82) is 0 Å². The van der Waals surface area contributed by atoms with Gasteiger partial charge in [0.05, 0.1) is 18.9 Å². The molecule has 4 rings (SSSR count). The Bertz CT molecular complexity index is 1030. The molecule has 3 aromatic rings. The van der Waals surface area contributed by atoms with E-state index in [0.717, 1.165) is 17.7 Å². The fraction of sp³-hybridized carbons (Fsp3) is 0.150. The molecule has 0 aliphatic carbocycles. The summed E-state index contributed by atoms with van der Waals surface area (Å²) in [5.74, 6) is -0.104. The minimum atomic E-state index is -0.355. The minimum absolute atomic E-state index is 0.118. The van der Waals surface area contributed by atoms with Gasteiger partial charge in [-0.05, 0) is 30.2 Å². The second-order valence-electron chi connectivity index (χ2n) is 5.98. The number of nitrogens with zero attached hydrogens (tertiary/aromatic N) is 3. The minimum Gasteiger partial charge on any atom is -0.494 e. The van der Waals surface area contributed by atoms with E-state index < -0.39 is 0 Å². The highest BCUT2D eigenvalue weighted by molar-refractivity contribution is 6.07. The summed E-state index contributed by atoms with van der Waals surface area (Å²) in [6.07, 6.45) is 0.794. The zero-order valence-electron chi connectivity index (χ0n) is 14.3. The van der Waals surface area contributed by atoms with Crippen LogP contribution in [-0.2, 0) is 6.42 Å². The third kappa shape index (κ3) is 2.65. The molecular formula is C20H17N3O3. The largest absolute Gasteiger partial charge is 0.494 e. The highest BCUT2D eigenvalue weighted by Gasteiger charge is 2.29. The summed E-state index contributed by atoms with van der Waals surface area (Å²) >= 11 is 0.